The summed E-state index contributed by atoms with van der Waals surface area (Å²) in [5, 5.41) is 0. The van der Waals surface area contributed by atoms with Crippen molar-refractivity contribution in [2.24, 2.45) is 0 Å². The Labute approximate surface area is 62.9 Å². The van der Waals surface area contributed by atoms with Gasteiger partial charge >= 0.3 is 0 Å². The first-order chi connectivity index (χ1) is 4.74. The Kier molecular flexibility index (Phi) is 2.10. The highest BCUT2D eigenvalue weighted by Gasteiger charge is 1.93. The minimum absolute atomic E-state index is 1.34. The standard InChI is InChI=1S/C10H13/c1-4-10-6-5-8(2)7-9(10)3/h4-7H,1-3H3. The van der Waals surface area contributed by atoms with Crippen molar-refractivity contribution in [1.29, 1.82) is 0 Å². The highest BCUT2D eigenvalue weighted by Crippen LogP contribution is 2.11. The maximum Gasteiger partial charge on any atom is -0.0121 e. The summed E-state index contributed by atoms with van der Waals surface area (Å²) in [4.78, 5) is 0. The second-order valence-corrected chi connectivity index (χ2v) is 2.65. The van der Waals surface area contributed by atoms with E-state index >= 15 is 0 Å². The number of aryl methyl sites for hydroxylation is 2. The largest absolute Gasteiger partial charge is 0.0590 e. The summed E-state index contributed by atoms with van der Waals surface area (Å²) in [5.74, 6) is 0. The molecule has 0 unspecified atom stereocenters. The average Bonchev–Trinajstić information content (AvgIpc) is 1.88. The van der Waals surface area contributed by atoms with Crippen molar-refractivity contribution in [3.8, 4) is 0 Å². The molecule has 0 saturated heterocycles. The van der Waals surface area contributed by atoms with Gasteiger partial charge in [0.25, 0.3) is 0 Å². The van der Waals surface area contributed by atoms with Gasteiger partial charge in [-0.2, -0.15) is 0 Å². The van der Waals surface area contributed by atoms with Crippen LogP contribution in [0, 0.1) is 20.3 Å². The van der Waals surface area contributed by atoms with E-state index in [0.717, 1.165) is 0 Å². The quantitative estimate of drug-likeness (QED) is 0.552. The lowest BCUT2D eigenvalue weighted by molar-refractivity contribution is 1.29. The molecule has 0 bridgehead atoms. The van der Waals surface area contributed by atoms with Crippen LogP contribution in [0.1, 0.15) is 23.6 Å². The molecule has 0 heteroatoms. The van der Waals surface area contributed by atoms with Gasteiger partial charge in [-0.1, -0.05) is 30.7 Å². The summed E-state index contributed by atoms with van der Waals surface area (Å²) in [5.41, 5.74) is 4.04. The Bertz CT molecular complexity index is 223. The van der Waals surface area contributed by atoms with Crippen LogP contribution in [-0.4, -0.2) is 0 Å². The van der Waals surface area contributed by atoms with E-state index in [0.29, 0.717) is 0 Å². The molecule has 0 heterocycles. The van der Waals surface area contributed by atoms with Gasteiger partial charge in [-0.3, -0.25) is 0 Å². The van der Waals surface area contributed by atoms with Crippen molar-refractivity contribution in [3.63, 3.8) is 0 Å². The monoisotopic (exact) mass is 133 g/mol. The lowest BCUT2D eigenvalue weighted by Gasteiger charge is -2.01. The van der Waals surface area contributed by atoms with E-state index in [1.54, 1.807) is 0 Å². The zero-order valence-electron chi connectivity index (χ0n) is 6.81. The van der Waals surface area contributed by atoms with Crippen LogP contribution in [-0.2, 0) is 0 Å². The summed E-state index contributed by atoms with van der Waals surface area (Å²) in [6, 6.07) is 6.50. The number of rotatable bonds is 1. The Balaban J connectivity index is 3.07. The molecule has 0 nitrogen and oxygen atoms in total. The van der Waals surface area contributed by atoms with Crippen molar-refractivity contribution >= 4 is 0 Å². The summed E-state index contributed by atoms with van der Waals surface area (Å²) in [6.07, 6.45) is 2.13. The fourth-order valence-corrected chi connectivity index (χ4v) is 1.15. The second kappa shape index (κ2) is 2.87. The van der Waals surface area contributed by atoms with Crippen molar-refractivity contribution in [2.45, 2.75) is 20.8 Å². The minimum atomic E-state index is 1.34. The fraction of sp³-hybridized carbons (Fsp3) is 0.300. The van der Waals surface area contributed by atoms with Gasteiger partial charge in [-0.25, -0.2) is 0 Å². The van der Waals surface area contributed by atoms with Gasteiger partial charge in [0.1, 0.15) is 0 Å². The van der Waals surface area contributed by atoms with E-state index < -0.39 is 0 Å². The second-order valence-electron chi connectivity index (χ2n) is 2.65. The molecule has 1 rings (SSSR count). The van der Waals surface area contributed by atoms with Crippen LogP contribution in [0.5, 0.6) is 0 Å². The molecule has 10 heavy (non-hydrogen) atoms. The third-order valence-electron chi connectivity index (χ3n) is 1.74. The molecular weight excluding hydrogens is 120 g/mol. The SMILES string of the molecule is C[CH]c1ccc(C)cc1C. The lowest BCUT2D eigenvalue weighted by atomic mass is 10.0. The van der Waals surface area contributed by atoms with Crippen LogP contribution in [0.25, 0.3) is 0 Å². The van der Waals surface area contributed by atoms with Crippen molar-refractivity contribution < 1.29 is 0 Å². The van der Waals surface area contributed by atoms with Gasteiger partial charge < -0.3 is 0 Å². The molecule has 0 aromatic heterocycles. The van der Waals surface area contributed by atoms with Gasteiger partial charge in [0.15, 0.2) is 0 Å². The molecule has 0 spiro atoms. The highest BCUT2D eigenvalue weighted by atomic mass is 14.0. The first-order valence-electron chi connectivity index (χ1n) is 3.60. The Morgan fingerprint density at radius 3 is 2.40 bits per heavy atom. The average molecular weight is 133 g/mol. The predicted octanol–water partition coefficient (Wildman–Crippen LogP) is 2.88. The van der Waals surface area contributed by atoms with E-state index in [4.69, 9.17) is 0 Å². The van der Waals surface area contributed by atoms with Crippen LogP contribution < -0.4 is 0 Å². The predicted molar refractivity (Wildman–Crippen MR) is 45.0 cm³/mol. The summed E-state index contributed by atoms with van der Waals surface area (Å²) in [7, 11) is 0. The maximum absolute atomic E-state index is 2.20. The van der Waals surface area contributed by atoms with Crippen molar-refractivity contribution in [2.75, 3.05) is 0 Å². The Morgan fingerprint density at radius 1 is 1.20 bits per heavy atom. The van der Waals surface area contributed by atoms with Gasteiger partial charge in [0.2, 0.25) is 0 Å². The molecule has 1 aromatic carbocycles. The molecule has 53 valence electrons. The van der Waals surface area contributed by atoms with E-state index in [9.17, 15) is 0 Å². The highest BCUT2D eigenvalue weighted by molar-refractivity contribution is 5.34. The van der Waals surface area contributed by atoms with Gasteiger partial charge in [0, 0.05) is 0 Å². The molecular formula is C10H13. The van der Waals surface area contributed by atoms with Crippen LogP contribution in [0.15, 0.2) is 18.2 Å². The third-order valence-corrected chi connectivity index (χ3v) is 1.74. The molecule has 0 aliphatic rings. The van der Waals surface area contributed by atoms with Crippen LogP contribution in [0.4, 0.5) is 0 Å². The molecule has 0 saturated carbocycles. The normalized spacial score (nSPS) is 9.90. The van der Waals surface area contributed by atoms with Gasteiger partial charge in [-0.15, -0.1) is 0 Å². The van der Waals surface area contributed by atoms with Crippen LogP contribution >= 0.6 is 0 Å². The summed E-state index contributed by atoms with van der Waals surface area (Å²) in [6.45, 7) is 6.33. The lowest BCUT2D eigenvalue weighted by Crippen LogP contribution is -1.84. The van der Waals surface area contributed by atoms with Crippen LogP contribution in [0.2, 0.25) is 0 Å². The zero-order chi connectivity index (χ0) is 7.56. The summed E-state index contributed by atoms with van der Waals surface area (Å²) < 4.78 is 0. The Morgan fingerprint density at radius 2 is 1.90 bits per heavy atom. The van der Waals surface area contributed by atoms with Crippen molar-refractivity contribution in [3.05, 3.63) is 41.3 Å². The molecule has 1 aromatic rings. The molecule has 0 atom stereocenters. The van der Waals surface area contributed by atoms with E-state index in [-0.39, 0.29) is 0 Å². The van der Waals surface area contributed by atoms with Crippen molar-refractivity contribution in [1.82, 2.24) is 0 Å². The van der Waals surface area contributed by atoms with Crippen LogP contribution in [0.3, 0.4) is 0 Å². The minimum Gasteiger partial charge on any atom is -0.0590 e. The molecule has 0 aliphatic heterocycles. The van der Waals surface area contributed by atoms with E-state index in [2.05, 4.69) is 45.4 Å². The number of hydrogen-bond donors (Lipinski definition) is 0. The first kappa shape index (κ1) is 7.33. The maximum atomic E-state index is 2.20. The summed E-state index contributed by atoms with van der Waals surface area (Å²) >= 11 is 0. The topological polar surface area (TPSA) is 0 Å². The first-order valence-corrected chi connectivity index (χ1v) is 3.60. The van der Waals surface area contributed by atoms with E-state index in [1.807, 2.05) is 0 Å². The fourth-order valence-electron chi connectivity index (χ4n) is 1.15. The molecule has 0 amide bonds. The molecule has 0 fully saturated rings. The molecule has 0 aliphatic carbocycles. The van der Waals surface area contributed by atoms with Gasteiger partial charge in [-0.05, 0) is 31.4 Å². The van der Waals surface area contributed by atoms with E-state index in [1.165, 1.54) is 16.7 Å². The molecule has 1 radical (unpaired) electrons. The molecule has 0 N–H and O–H groups in total. The zero-order valence-corrected chi connectivity index (χ0v) is 6.81. The third kappa shape index (κ3) is 1.38. The smallest absolute Gasteiger partial charge is 0.0121 e. The number of benzene rings is 1. The van der Waals surface area contributed by atoms with Gasteiger partial charge in [0.05, 0.1) is 0 Å². The number of hydrogen-bond acceptors (Lipinski definition) is 0. The Hall–Kier alpha value is -0.780.